The van der Waals surface area contributed by atoms with Gasteiger partial charge in [0.15, 0.2) is 0 Å². The van der Waals surface area contributed by atoms with E-state index in [-0.39, 0.29) is 11.6 Å². The number of urea groups is 1. The third-order valence-corrected chi connectivity index (χ3v) is 3.26. The maximum atomic E-state index is 12.1. The number of aromatic amines is 2. The quantitative estimate of drug-likeness (QED) is 0.720. The minimum atomic E-state index is -0.183. The normalized spacial score (nSPS) is 14.0. The fourth-order valence-electron chi connectivity index (χ4n) is 2.21. The van der Waals surface area contributed by atoms with Crippen LogP contribution in [-0.4, -0.2) is 27.7 Å². The average molecular weight is 258 g/mol. The zero-order valence-electron chi connectivity index (χ0n) is 10.3. The Morgan fingerprint density at radius 2 is 2.00 bits per heavy atom. The molecule has 0 spiro atoms. The monoisotopic (exact) mass is 258 g/mol. The molecule has 1 aliphatic heterocycles. The molecule has 6 heteroatoms. The lowest BCUT2D eigenvalue weighted by Gasteiger charge is -2.26. The van der Waals surface area contributed by atoms with Gasteiger partial charge in [-0.2, -0.15) is 0 Å². The van der Waals surface area contributed by atoms with Crippen molar-refractivity contribution in [3.05, 3.63) is 51.9 Å². The fraction of sp³-hybridized carbons (Fsp3) is 0.231. The summed E-state index contributed by atoms with van der Waals surface area (Å²) in [6, 6.07) is 9.09. The summed E-state index contributed by atoms with van der Waals surface area (Å²) in [7, 11) is 0. The first kappa shape index (κ1) is 11.6. The fourth-order valence-corrected chi connectivity index (χ4v) is 2.21. The number of fused-ring (bicyclic) bond motifs is 1. The van der Waals surface area contributed by atoms with Gasteiger partial charge in [-0.25, -0.2) is 4.79 Å². The molecule has 1 aliphatic rings. The summed E-state index contributed by atoms with van der Waals surface area (Å²) >= 11 is 0. The molecule has 0 unspecified atom stereocenters. The van der Waals surface area contributed by atoms with Gasteiger partial charge in [-0.05, 0) is 12.1 Å². The number of carbonyl (C=O) groups excluding carboxylic acids is 1. The van der Waals surface area contributed by atoms with Crippen LogP contribution in [0.3, 0.4) is 0 Å². The van der Waals surface area contributed by atoms with E-state index in [4.69, 9.17) is 0 Å². The average Bonchev–Trinajstić information content (AvgIpc) is 2.81. The number of aromatic nitrogens is 2. The number of hydrogen-bond donors (Lipinski definition) is 3. The van der Waals surface area contributed by atoms with E-state index in [9.17, 15) is 9.59 Å². The number of carbonyl (C=O) groups is 1. The summed E-state index contributed by atoms with van der Waals surface area (Å²) in [6.07, 6.45) is 0.663. The standard InChI is InChI=1S/C13H14N4O2/c18-12-10-8-17(7-6-11(10)15-16-12)13(19)14-9-4-2-1-3-5-9/h1-5H,6-8H2,(H,14,19)(H2,15,16,18). The molecule has 98 valence electrons. The van der Waals surface area contributed by atoms with Crippen molar-refractivity contribution in [1.29, 1.82) is 0 Å². The Bertz CT molecular complexity index is 644. The van der Waals surface area contributed by atoms with E-state index in [2.05, 4.69) is 15.5 Å². The summed E-state index contributed by atoms with van der Waals surface area (Å²) in [6.45, 7) is 0.937. The molecule has 1 aromatic heterocycles. The van der Waals surface area contributed by atoms with Gasteiger partial charge in [-0.3, -0.25) is 9.89 Å². The van der Waals surface area contributed by atoms with Crippen molar-refractivity contribution in [3.8, 4) is 0 Å². The number of amides is 2. The third kappa shape index (κ3) is 2.24. The van der Waals surface area contributed by atoms with Gasteiger partial charge in [0, 0.05) is 24.3 Å². The predicted molar refractivity (Wildman–Crippen MR) is 71.0 cm³/mol. The highest BCUT2D eigenvalue weighted by molar-refractivity contribution is 5.89. The highest BCUT2D eigenvalue weighted by Crippen LogP contribution is 2.15. The molecule has 0 saturated heterocycles. The molecule has 0 bridgehead atoms. The van der Waals surface area contributed by atoms with Crippen LogP contribution in [0.5, 0.6) is 0 Å². The van der Waals surface area contributed by atoms with Crippen LogP contribution in [0.4, 0.5) is 10.5 Å². The van der Waals surface area contributed by atoms with Gasteiger partial charge < -0.3 is 15.3 Å². The van der Waals surface area contributed by atoms with E-state index in [1.807, 2.05) is 30.3 Å². The highest BCUT2D eigenvalue weighted by Gasteiger charge is 2.23. The van der Waals surface area contributed by atoms with Crippen LogP contribution < -0.4 is 10.9 Å². The maximum absolute atomic E-state index is 12.1. The molecular weight excluding hydrogens is 244 g/mol. The number of benzene rings is 1. The Hall–Kier alpha value is -2.50. The molecule has 3 N–H and O–H groups in total. The zero-order chi connectivity index (χ0) is 13.2. The van der Waals surface area contributed by atoms with Crippen LogP contribution in [0, 0.1) is 0 Å². The second kappa shape index (κ2) is 4.64. The summed E-state index contributed by atoms with van der Waals surface area (Å²) in [5.41, 5.74) is 2.15. The Labute approximate surface area is 109 Å². The van der Waals surface area contributed by atoms with Crippen molar-refractivity contribution in [2.24, 2.45) is 0 Å². The first-order chi connectivity index (χ1) is 9.24. The second-order valence-corrected chi connectivity index (χ2v) is 4.50. The van der Waals surface area contributed by atoms with E-state index in [0.717, 1.165) is 11.4 Å². The number of anilines is 1. The Morgan fingerprint density at radius 3 is 2.79 bits per heavy atom. The van der Waals surface area contributed by atoms with Crippen molar-refractivity contribution in [3.63, 3.8) is 0 Å². The van der Waals surface area contributed by atoms with Crippen molar-refractivity contribution in [2.75, 3.05) is 11.9 Å². The molecular formula is C13H14N4O2. The van der Waals surface area contributed by atoms with Crippen molar-refractivity contribution >= 4 is 11.7 Å². The zero-order valence-corrected chi connectivity index (χ0v) is 10.3. The Kier molecular flexibility index (Phi) is 2.83. The predicted octanol–water partition coefficient (Wildman–Crippen LogP) is 1.29. The number of para-hydroxylation sites is 1. The molecule has 2 amide bonds. The topological polar surface area (TPSA) is 81.0 Å². The Morgan fingerprint density at radius 1 is 1.21 bits per heavy atom. The number of hydrogen-bond acceptors (Lipinski definition) is 2. The molecule has 3 rings (SSSR count). The van der Waals surface area contributed by atoms with Gasteiger partial charge in [-0.15, -0.1) is 0 Å². The smallest absolute Gasteiger partial charge is 0.320 e. The SMILES string of the molecule is O=C(Nc1ccccc1)N1CCc2[nH][nH]c(=O)c2C1. The third-order valence-electron chi connectivity index (χ3n) is 3.26. The molecule has 0 atom stereocenters. The van der Waals surface area contributed by atoms with Crippen molar-refractivity contribution in [2.45, 2.75) is 13.0 Å². The van der Waals surface area contributed by atoms with Gasteiger partial charge in [-0.1, -0.05) is 18.2 Å². The van der Waals surface area contributed by atoms with Crippen LogP contribution in [0.25, 0.3) is 0 Å². The molecule has 19 heavy (non-hydrogen) atoms. The van der Waals surface area contributed by atoms with Crippen LogP contribution in [0.2, 0.25) is 0 Å². The minimum Gasteiger partial charge on any atom is -0.320 e. The number of nitrogens with one attached hydrogen (secondary N) is 3. The Balaban J connectivity index is 1.73. The molecule has 0 radical (unpaired) electrons. The first-order valence-corrected chi connectivity index (χ1v) is 6.13. The van der Waals surface area contributed by atoms with Crippen molar-refractivity contribution < 1.29 is 4.79 Å². The highest BCUT2D eigenvalue weighted by atomic mass is 16.2. The van der Waals surface area contributed by atoms with Gasteiger partial charge >= 0.3 is 6.03 Å². The van der Waals surface area contributed by atoms with E-state index in [0.29, 0.717) is 25.1 Å². The summed E-state index contributed by atoms with van der Waals surface area (Å²) in [5, 5.41) is 8.21. The number of rotatable bonds is 1. The summed E-state index contributed by atoms with van der Waals surface area (Å²) < 4.78 is 0. The van der Waals surface area contributed by atoms with Gasteiger partial charge in [0.1, 0.15) is 0 Å². The minimum absolute atomic E-state index is 0.146. The summed E-state index contributed by atoms with van der Waals surface area (Å²) in [5.74, 6) is 0. The van der Waals surface area contributed by atoms with Crippen LogP contribution in [0.1, 0.15) is 11.3 Å². The van der Waals surface area contributed by atoms with Crippen LogP contribution >= 0.6 is 0 Å². The molecule has 2 heterocycles. The van der Waals surface area contributed by atoms with Crippen LogP contribution in [0.15, 0.2) is 35.1 Å². The van der Waals surface area contributed by atoms with E-state index in [1.54, 1.807) is 4.90 Å². The molecule has 0 aliphatic carbocycles. The molecule has 6 nitrogen and oxygen atoms in total. The first-order valence-electron chi connectivity index (χ1n) is 6.13. The van der Waals surface area contributed by atoms with E-state index in [1.165, 1.54) is 0 Å². The van der Waals surface area contributed by atoms with Gasteiger partial charge in [0.2, 0.25) is 0 Å². The van der Waals surface area contributed by atoms with Gasteiger partial charge in [0.05, 0.1) is 12.1 Å². The van der Waals surface area contributed by atoms with Crippen LogP contribution in [-0.2, 0) is 13.0 Å². The molecule has 2 aromatic rings. The number of H-pyrrole nitrogens is 2. The summed E-state index contributed by atoms with van der Waals surface area (Å²) in [4.78, 5) is 25.3. The van der Waals surface area contributed by atoms with Gasteiger partial charge in [0.25, 0.3) is 5.56 Å². The lowest BCUT2D eigenvalue weighted by molar-refractivity contribution is 0.206. The van der Waals surface area contributed by atoms with Crippen molar-refractivity contribution in [1.82, 2.24) is 15.1 Å². The maximum Gasteiger partial charge on any atom is 0.322 e. The van der Waals surface area contributed by atoms with E-state index < -0.39 is 0 Å². The lowest BCUT2D eigenvalue weighted by atomic mass is 10.1. The second-order valence-electron chi connectivity index (χ2n) is 4.50. The molecule has 1 aromatic carbocycles. The largest absolute Gasteiger partial charge is 0.322 e. The molecule has 0 saturated carbocycles. The molecule has 0 fully saturated rings. The lowest BCUT2D eigenvalue weighted by Crippen LogP contribution is -2.40. The number of nitrogens with zero attached hydrogens (tertiary/aromatic N) is 1. The van der Waals surface area contributed by atoms with E-state index >= 15 is 0 Å².